The van der Waals surface area contributed by atoms with E-state index in [1.165, 1.54) is 17.8 Å². The van der Waals surface area contributed by atoms with Gasteiger partial charge in [0.15, 0.2) is 0 Å². The minimum atomic E-state index is -3.85. The summed E-state index contributed by atoms with van der Waals surface area (Å²) in [7, 11) is -3.85. The van der Waals surface area contributed by atoms with Crippen molar-refractivity contribution in [3.63, 3.8) is 0 Å². The molecule has 1 heterocycles. The Hall–Kier alpha value is -0.0900. The Morgan fingerprint density at radius 3 is 2.65 bits per heavy atom. The van der Waals surface area contributed by atoms with E-state index in [2.05, 4.69) is 31.9 Å². The lowest BCUT2D eigenvalue weighted by molar-refractivity contribution is -0.140. The zero-order chi connectivity index (χ0) is 15.1. The molecule has 0 aliphatic carbocycles. The molecule has 1 saturated heterocycles. The molecular weight excluding hydrogens is 434 g/mol. The SMILES string of the molecule is Cc1cc(Br)c(S(=O)(=O)N2CSC[C@H]2C(=O)O)cc1Br. The van der Waals surface area contributed by atoms with Gasteiger partial charge in [-0.05, 0) is 40.5 Å². The molecule has 0 bridgehead atoms. The van der Waals surface area contributed by atoms with Crippen molar-refractivity contribution in [2.45, 2.75) is 17.9 Å². The van der Waals surface area contributed by atoms with Crippen molar-refractivity contribution in [1.82, 2.24) is 4.31 Å². The molecule has 1 aliphatic heterocycles. The highest BCUT2D eigenvalue weighted by molar-refractivity contribution is 9.11. The molecule has 20 heavy (non-hydrogen) atoms. The molecule has 1 N–H and O–H groups in total. The fourth-order valence-corrected chi connectivity index (χ4v) is 6.59. The molecule has 2 rings (SSSR count). The maximum atomic E-state index is 12.6. The highest BCUT2D eigenvalue weighted by Gasteiger charge is 2.40. The van der Waals surface area contributed by atoms with Gasteiger partial charge >= 0.3 is 5.97 Å². The lowest BCUT2D eigenvalue weighted by Gasteiger charge is -2.21. The lowest BCUT2D eigenvalue weighted by atomic mass is 10.2. The number of halogens is 2. The Morgan fingerprint density at radius 1 is 1.40 bits per heavy atom. The highest BCUT2D eigenvalue weighted by Crippen LogP contribution is 2.34. The van der Waals surface area contributed by atoms with Crippen LogP contribution in [0.5, 0.6) is 0 Å². The van der Waals surface area contributed by atoms with E-state index in [0.717, 1.165) is 9.87 Å². The molecule has 110 valence electrons. The number of aryl methyl sites for hydroxylation is 1. The van der Waals surface area contributed by atoms with Crippen LogP contribution in [0.2, 0.25) is 0 Å². The number of carbonyl (C=O) groups is 1. The largest absolute Gasteiger partial charge is 0.480 e. The van der Waals surface area contributed by atoms with E-state index >= 15 is 0 Å². The molecule has 0 aromatic heterocycles. The second kappa shape index (κ2) is 5.96. The van der Waals surface area contributed by atoms with Crippen molar-refractivity contribution in [3.05, 3.63) is 26.6 Å². The molecule has 0 unspecified atom stereocenters. The highest BCUT2D eigenvalue weighted by atomic mass is 79.9. The first-order valence-electron chi connectivity index (χ1n) is 5.53. The third-order valence-electron chi connectivity index (χ3n) is 2.93. The van der Waals surface area contributed by atoms with E-state index in [4.69, 9.17) is 5.11 Å². The first kappa shape index (κ1) is 16.3. The van der Waals surface area contributed by atoms with Crippen LogP contribution in [0.1, 0.15) is 5.56 Å². The number of benzene rings is 1. The number of carboxylic acids is 1. The Morgan fingerprint density at radius 2 is 2.05 bits per heavy atom. The normalized spacial score (nSPS) is 20.2. The molecule has 1 aromatic carbocycles. The minimum absolute atomic E-state index is 0.0729. The fourth-order valence-electron chi connectivity index (χ4n) is 1.81. The standard InChI is InChI=1S/C11H11Br2NO4S2/c1-6-2-8(13)10(3-7(6)12)20(17,18)14-5-19-4-9(14)11(15)16/h2-3,9H,4-5H2,1H3,(H,15,16)/t9-/m0/s1. The zero-order valence-electron chi connectivity index (χ0n) is 10.3. The van der Waals surface area contributed by atoms with Crippen LogP contribution in [0.3, 0.4) is 0 Å². The van der Waals surface area contributed by atoms with Crippen LogP contribution >= 0.6 is 43.6 Å². The van der Waals surface area contributed by atoms with Gasteiger partial charge in [0.1, 0.15) is 6.04 Å². The number of nitrogens with zero attached hydrogens (tertiary/aromatic N) is 1. The van der Waals surface area contributed by atoms with Crippen molar-refractivity contribution < 1.29 is 18.3 Å². The minimum Gasteiger partial charge on any atom is -0.480 e. The van der Waals surface area contributed by atoms with Gasteiger partial charge in [-0.25, -0.2) is 8.42 Å². The Balaban J connectivity index is 2.50. The number of rotatable bonds is 3. The predicted molar refractivity (Wildman–Crippen MR) is 84.4 cm³/mol. The van der Waals surface area contributed by atoms with Gasteiger partial charge in [0.05, 0.1) is 10.8 Å². The van der Waals surface area contributed by atoms with Gasteiger partial charge in [-0.2, -0.15) is 4.31 Å². The number of carboxylic acid groups (broad SMARTS) is 1. The molecule has 5 nitrogen and oxygen atoms in total. The summed E-state index contributed by atoms with van der Waals surface area (Å²) in [6.07, 6.45) is 0. The van der Waals surface area contributed by atoms with E-state index in [0.29, 0.717) is 8.95 Å². The van der Waals surface area contributed by atoms with Gasteiger partial charge in [-0.15, -0.1) is 11.8 Å². The van der Waals surface area contributed by atoms with Crippen molar-refractivity contribution in [3.8, 4) is 0 Å². The zero-order valence-corrected chi connectivity index (χ0v) is 15.1. The predicted octanol–water partition coefficient (Wildman–Crippen LogP) is 2.67. The summed E-state index contributed by atoms with van der Waals surface area (Å²) in [5.41, 5.74) is 0.890. The van der Waals surface area contributed by atoms with E-state index in [-0.39, 0.29) is 16.5 Å². The van der Waals surface area contributed by atoms with Gasteiger partial charge in [0, 0.05) is 14.7 Å². The van der Waals surface area contributed by atoms with Crippen LogP contribution in [0.15, 0.2) is 26.0 Å². The van der Waals surface area contributed by atoms with Gasteiger partial charge in [-0.3, -0.25) is 4.79 Å². The topological polar surface area (TPSA) is 74.7 Å². The number of hydrogen-bond acceptors (Lipinski definition) is 4. The van der Waals surface area contributed by atoms with Crippen molar-refractivity contribution in [2.24, 2.45) is 0 Å². The van der Waals surface area contributed by atoms with Crippen LogP contribution in [-0.4, -0.2) is 41.5 Å². The van der Waals surface area contributed by atoms with Gasteiger partial charge in [-0.1, -0.05) is 15.9 Å². The summed E-state index contributed by atoms with van der Waals surface area (Å²) in [6.45, 7) is 1.84. The Kier molecular flexibility index (Phi) is 4.85. The molecule has 1 fully saturated rings. The molecule has 1 aromatic rings. The summed E-state index contributed by atoms with van der Waals surface area (Å²) >= 11 is 7.83. The average molecular weight is 445 g/mol. The van der Waals surface area contributed by atoms with Crippen molar-refractivity contribution in [2.75, 3.05) is 11.6 Å². The number of thioether (sulfide) groups is 1. The van der Waals surface area contributed by atoms with E-state index in [1.54, 1.807) is 6.07 Å². The van der Waals surface area contributed by atoms with Crippen LogP contribution in [0, 0.1) is 6.92 Å². The van der Waals surface area contributed by atoms with Gasteiger partial charge in [0.2, 0.25) is 10.0 Å². The van der Waals surface area contributed by atoms with Crippen LogP contribution in [-0.2, 0) is 14.8 Å². The summed E-state index contributed by atoms with van der Waals surface area (Å²) in [5, 5.41) is 9.12. The number of sulfonamides is 1. The monoisotopic (exact) mass is 443 g/mol. The van der Waals surface area contributed by atoms with Crippen molar-refractivity contribution in [1.29, 1.82) is 0 Å². The molecule has 0 amide bonds. The van der Waals surface area contributed by atoms with E-state index < -0.39 is 22.0 Å². The molecule has 9 heteroatoms. The van der Waals surface area contributed by atoms with Crippen LogP contribution < -0.4 is 0 Å². The first-order chi connectivity index (χ1) is 9.25. The smallest absolute Gasteiger partial charge is 0.322 e. The summed E-state index contributed by atoms with van der Waals surface area (Å²) in [6, 6.07) is 2.17. The summed E-state index contributed by atoms with van der Waals surface area (Å²) in [5.74, 6) is -0.711. The van der Waals surface area contributed by atoms with Crippen LogP contribution in [0.25, 0.3) is 0 Å². The van der Waals surface area contributed by atoms with E-state index in [9.17, 15) is 13.2 Å². The Bertz CT molecular complexity index is 663. The second-order valence-electron chi connectivity index (χ2n) is 4.28. The average Bonchev–Trinajstić information content (AvgIpc) is 2.83. The summed E-state index contributed by atoms with van der Waals surface area (Å²) < 4.78 is 27.4. The molecule has 0 saturated carbocycles. The van der Waals surface area contributed by atoms with Crippen LogP contribution in [0.4, 0.5) is 0 Å². The Labute approximate surface area is 138 Å². The molecular formula is C11H11Br2NO4S2. The molecule has 1 aliphatic rings. The first-order valence-corrected chi connectivity index (χ1v) is 9.71. The molecule has 1 atom stereocenters. The van der Waals surface area contributed by atoms with Gasteiger partial charge < -0.3 is 5.11 Å². The quantitative estimate of drug-likeness (QED) is 0.775. The van der Waals surface area contributed by atoms with Crippen molar-refractivity contribution >= 4 is 59.6 Å². The molecule has 0 radical (unpaired) electrons. The third kappa shape index (κ3) is 2.92. The maximum absolute atomic E-state index is 12.6. The second-order valence-corrected chi connectivity index (χ2v) is 8.85. The maximum Gasteiger partial charge on any atom is 0.322 e. The number of hydrogen-bond donors (Lipinski definition) is 1. The summed E-state index contributed by atoms with van der Waals surface area (Å²) in [4.78, 5) is 11.2. The fraction of sp³-hybridized carbons (Fsp3) is 0.364. The third-order valence-corrected chi connectivity index (χ3v) is 7.77. The number of aliphatic carboxylic acids is 1. The van der Waals surface area contributed by atoms with Gasteiger partial charge in [0.25, 0.3) is 0 Å². The van der Waals surface area contributed by atoms with E-state index in [1.807, 2.05) is 6.92 Å². The lowest BCUT2D eigenvalue weighted by Crippen LogP contribution is -2.41. The molecule has 0 spiro atoms.